The second-order valence-electron chi connectivity index (χ2n) is 4.18. The van der Waals surface area contributed by atoms with Gasteiger partial charge in [0.25, 0.3) is 0 Å². The van der Waals surface area contributed by atoms with E-state index >= 15 is 0 Å². The minimum absolute atomic E-state index is 0.0843. The molecule has 6 heteroatoms. The van der Waals surface area contributed by atoms with Crippen molar-refractivity contribution in [3.8, 4) is 0 Å². The van der Waals surface area contributed by atoms with Gasteiger partial charge >= 0.3 is 0 Å². The highest BCUT2D eigenvalue weighted by atomic mass is 32.2. The van der Waals surface area contributed by atoms with Crippen LogP contribution in [-0.4, -0.2) is 29.9 Å². The number of sulfone groups is 1. The molecule has 1 aromatic rings. The number of nitrogen functional groups attached to an aromatic ring is 1. The van der Waals surface area contributed by atoms with E-state index in [2.05, 4.69) is 0 Å². The third-order valence-electron chi connectivity index (χ3n) is 2.64. The average Bonchev–Trinajstić information content (AvgIpc) is 2.32. The molecule has 0 bridgehead atoms. The van der Waals surface area contributed by atoms with Crippen molar-refractivity contribution in [2.75, 3.05) is 23.0 Å². The van der Waals surface area contributed by atoms with Gasteiger partial charge in [-0.15, -0.1) is 0 Å². The lowest BCUT2D eigenvalue weighted by atomic mass is 10.2. The first-order valence-electron chi connectivity index (χ1n) is 5.80. The minimum atomic E-state index is -2.98. The Morgan fingerprint density at radius 3 is 2.61 bits per heavy atom. The van der Waals surface area contributed by atoms with Crippen molar-refractivity contribution in [2.24, 2.45) is 0 Å². The van der Waals surface area contributed by atoms with Crippen LogP contribution in [0.3, 0.4) is 0 Å². The van der Waals surface area contributed by atoms with Crippen molar-refractivity contribution < 1.29 is 12.6 Å². The Balaban J connectivity index is 2.64. The predicted octanol–water partition coefficient (Wildman–Crippen LogP) is 1.51. The SMILES string of the molecule is CCS(=O)(=O)CCCS(=O)c1cc(C)ccc1N. The second kappa shape index (κ2) is 6.33. The van der Waals surface area contributed by atoms with E-state index in [1.807, 2.05) is 13.0 Å². The van der Waals surface area contributed by atoms with Gasteiger partial charge in [-0.1, -0.05) is 13.0 Å². The van der Waals surface area contributed by atoms with Gasteiger partial charge in [0.15, 0.2) is 0 Å². The topological polar surface area (TPSA) is 77.2 Å². The van der Waals surface area contributed by atoms with Crippen LogP contribution in [0.2, 0.25) is 0 Å². The van der Waals surface area contributed by atoms with Crippen LogP contribution in [-0.2, 0) is 20.6 Å². The Morgan fingerprint density at radius 2 is 2.00 bits per heavy atom. The van der Waals surface area contributed by atoms with E-state index in [1.165, 1.54) is 0 Å². The maximum Gasteiger partial charge on any atom is 0.150 e. The Morgan fingerprint density at radius 1 is 1.33 bits per heavy atom. The van der Waals surface area contributed by atoms with Gasteiger partial charge in [0.1, 0.15) is 9.84 Å². The average molecular weight is 289 g/mol. The van der Waals surface area contributed by atoms with Gasteiger partial charge < -0.3 is 5.73 Å². The van der Waals surface area contributed by atoms with Gasteiger partial charge in [-0.2, -0.15) is 0 Å². The third-order valence-corrected chi connectivity index (χ3v) is 5.93. The molecular weight excluding hydrogens is 270 g/mol. The fraction of sp³-hybridized carbons (Fsp3) is 0.500. The zero-order chi connectivity index (χ0) is 13.8. The molecule has 0 aliphatic heterocycles. The summed E-state index contributed by atoms with van der Waals surface area (Å²) in [6.07, 6.45) is 0.399. The largest absolute Gasteiger partial charge is 0.398 e. The molecule has 18 heavy (non-hydrogen) atoms. The highest BCUT2D eigenvalue weighted by Crippen LogP contribution is 2.18. The van der Waals surface area contributed by atoms with Crippen molar-refractivity contribution >= 4 is 26.3 Å². The van der Waals surface area contributed by atoms with Gasteiger partial charge in [-0.05, 0) is 31.0 Å². The predicted molar refractivity (Wildman–Crippen MR) is 75.8 cm³/mol. The monoisotopic (exact) mass is 289 g/mol. The molecule has 0 amide bonds. The van der Waals surface area contributed by atoms with Gasteiger partial charge in [0, 0.05) is 17.2 Å². The fourth-order valence-corrected chi connectivity index (χ4v) is 3.83. The molecule has 0 aliphatic rings. The van der Waals surface area contributed by atoms with E-state index in [1.54, 1.807) is 19.1 Å². The second-order valence-corrected chi connectivity index (χ2v) is 8.19. The summed E-state index contributed by atoms with van der Waals surface area (Å²) in [5.41, 5.74) is 7.25. The smallest absolute Gasteiger partial charge is 0.150 e. The molecular formula is C12H19NO3S2. The van der Waals surface area contributed by atoms with E-state index in [0.717, 1.165) is 5.56 Å². The quantitative estimate of drug-likeness (QED) is 0.805. The normalized spacial score (nSPS) is 13.4. The Hall–Kier alpha value is -0.880. The van der Waals surface area contributed by atoms with Gasteiger partial charge in [-0.25, -0.2) is 8.42 Å². The molecule has 1 rings (SSSR count). The summed E-state index contributed by atoms with van der Waals surface area (Å²) in [7, 11) is -4.21. The van der Waals surface area contributed by atoms with E-state index in [9.17, 15) is 12.6 Å². The zero-order valence-electron chi connectivity index (χ0n) is 10.7. The van der Waals surface area contributed by atoms with Crippen LogP contribution in [0.4, 0.5) is 5.69 Å². The molecule has 2 N–H and O–H groups in total. The summed E-state index contributed by atoms with van der Waals surface area (Å²) < 4.78 is 34.7. The molecule has 1 aromatic carbocycles. The van der Waals surface area contributed by atoms with E-state index in [0.29, 0.717) is 22.8 Å². The summed E-state index contributed by atoms with van der Waals surface area (Å²) in [4.78, 5) is 0.601. The van der Waals surface area contributed by atoms with Crippen molar-refractivity contribution in [1.29, 1.82) is 0 Å². The fourth-order valence-electron chi connectivity index (χ4n) is 1.50. The Kier molecular flexibility index (Phi) is 5.34. The van der Waals surface area contributed by atoms with Crippen LogP contribution in [0.25, 0.3) is 0 Å². The third kappa shape index (κ3) is 4.42. The van der Waals surface area contributed by atoms with E-state index in [-0.39, 0.29) is 11.5 Å². The lowest BCUT2D eigenvalue weighted by Crippen LogP contribution is -2.12. The highest BCUT2D eigenvalue weighted by molar-refractivity contribution is 7.91. The molecule has 0 spiro atoms. The number of anilines is 1. The summed E-state index contributed by atoms with van der Waals surface area (Å²) >= 11 is 0. The standard InChI is InChI=1S/C12H19NO3S2/c1-3-18(15,16)8-4-7-17(14)12-9-10(2)5-6-11(12)13/h5-6,9H,3-4,7-8,13H2,1-2H3. The van der Waals surface area contributed by atoms with Crippen LogP contribution in [0.15, 0.2) is 23.1 Å². The number of rotatable bonds is 6. The lowest BCUT2D eigenvalue weighted by molar-refractivity contribution is 0.596. The molecule has 0 saturated heterocycles. The maximum absolute atomic E-state index is 12.0. The van der Waals surface area contributed by atoms with Gasteiger partial charge in [-0.3, -0.25) is 4.21 Å². The Labute approximate surface area is 111 Å². The van der Waals surface area contributed by atoms with Crippen LogP contribution in [0.5, 0.6) is 0 Å². The number of nitrogens with two attached hydrogens (primary N) is 1. The van der Waals surface area contributed by atoms with Crippen LogP contribution >= 0.6 is 0 Å². The first-order chi connectivity index (χ1) is 8.35. The molecule has 102 valence electrons. The number of hydrogen-bond donors (Lipinski definition) is 1. The summed E-state index contributed by atoms with van der Waals surface area (Å²) in [5.74, 6) is 0.542. The van der Waals surface area contributed by atoms with Crippen molar-refractivity contribution in [3.05, 3.63) is 23.8 Å². The Bertz CT molecular complexity index is 538. The number of aryl methyl sites for hydroxylation is 1. The molecule has 1 unspecified atom stereocenters. The highest BCUT2D eigenvalue weighted by Gasteiger charge is 2.11. The summed E-state index contributed by atoms with van der Waals surface area (Å²) in [5, 5.41) is 0. The summed E-state index contributed by atoms with van der Waals surface area (Å²) in [6.45, 7) is 3.52. The first-order valence-corrected chi connectivity index (χ1v) is 8.94. The summed E-state index contributed by atoms with van der Waals surface area (Å²) in [6, 6.07) is 5.38. The molecule has 0 saturated carbocycles. The van der Waals surface area contributed by atoms with Gasteiger partial charge in [0.2, 0.25) is 0 Å². The van der Waals surface area contributed by atoms with E-state index < -0.39 is 20.6 Å². The molecule has 0 aromatic heterocycles. The molecule has 0 radical (unpaired) electrons. The first kappa shape index (κ1) is 15.2. The van der Waals surface area contributed by atoms with Crippen LogP contribution < -0.4 is 5.73 Å². The maximum atomic E-state index is 12.0. The molecule has 1 atom stereocenters. The van der Waals surface area contributed by atoms with Crippen LogP contribution in [0.1, 0.15) is 18.9 Å². The molecule has 0 aliphatic carbocycles. The minimum Gasteiger partial charge on any atom is -0.398 e. The molecule has 0 heterocycles. The number of benzene rings is 1. The van der Waals surface area contributed by atoms with Gasteiger partial charge in [0.05, 0.1) is 21.4 Å². The van der Waals surface area contributed by atoms with Crippen molar-refractivity contribution in [3.63, 3.8) is 0 Å². The van der Waals surface area contributed by atoms with Crippen molar-refractivity contribution in [1.82, 2.24) is 0 Å². The number of hydrogen-bond acceptors (Lipinski definition) is 4. The van der Waals surface area contributed by atoms with Crippen molar-refractivity contribution in [2.45, 2.75) is 25.2 Å². The molecule has 4 nitrogen and oxygen atoms in total. The lowest BCUT2D eigenvalue weighted by Gasteiger charge is -2.07. The van der Waals surface area contributed by atoms with Crippen LogP contribution in [0, 0.1) is 6.92 Å². The zero-order valence-corrected chi connectivity index (χ0v) is 12.3. The van der Waals surface area contributed by atoms with E-state index in [4.69, 9.17) is 5.73 Å². The molecule has 0 fully saturated rings.